The zero-order valence-corrected chi connectivity index (χ0v) is 18.8. The molecule has 3 aromatic rings. The van der Waals surface area contributed by atoms with E-state index in [1.807, 2.05) is 6.07 Å². The maximum atomic E-state index is 12.8. The average Bonchev–Trinajstić information content (AvgIpc) is 3.17. The summed E-state index contributed by atoms with van der Waals surface area (Å²) in [5.41, 5.74) is 0.895. The second-order valence-electron chi connectivity index (χ2n) is 7.52. The number of carbonyl (C=O) groups is 2. The van der Waals surface area contributed by atoms with Crippen molar-refractivity contribution in [2.24, 2.45) is 5.92 Å². The fraction of sp³-hybridized carbons (Fsp3) is 0.130. The highest BCUT2D eigenvalue weighted by Gasteiger charge is 2.35. The van der Waals surface area contributed by atoms with E-state index >= 15 is 0 Å². The summed E-state index contributed by atoms with van der Waals surface area (Å²) in [7, 11) is -4.01. The van der Waals surface area contributed by atoms with Crippen molar-refractivity contribution in [3.8, 4) is 5.75 Å². The molecule has 4 rings (SSSR count). The van der Waals surface area contributed by atoms with E-state index < -0.39 is 21.8 Å². The number of sulfonamides is 1. The van der Waals surface area contributed by atoms with Crippen molar-refractivity contribution in [1.82, 2.24) is 0 Å². The average molecular weight is 486 g/mol. The van der Waals surface area contributed by atoms with Gasteiger partial charge < -0.3 is 15.3 Å². The number of phenolic OH excluding ortho intramolecular Hbond substituents is 1. The third kappa shape index (κ3) is 5.10. The van der Waals surface area contributed by atoms with Crippen molar-refractivity contribution in [2.45, 2.75) is 11.3 Å². The van der Waals surface area contributed by atoms with Gasteiger partial charge in [-0.1, -0.05) is 35.9 Å². The lowest BCUT2D eigenvalue weighted by molar-refractivity contribution is -0.122. The fourth-order valence-electron chi connectivity index (χ4n) is 3.52. The van der Waals surface area contributed by atoms with E-state index in [-0.39, 0.29) is 40.9 Å². The number of nitrogens with one attached hydrogen (secondary N) is 2. The lowest BCUT2D eigenvalue weighted by Gasteiger charge is -2.17. The summed E-state index contributed by atoms with van der Waals surface area (Å²) in [6.07, 6.45) is 0.00972. The largest absolute Gasteiger partial charge is 0.506 e. The van der Waals surface area contributed by atoms with Gasteiger partial charge in [-0.2, -0.15) is 0 Å². The second kappa shape index (κ2) is 9.13. The van der Waals surface area contributed by atoms with Gasteiger partial charge in [0.2, 0.25) is 11.8 Å². The first-order valence-electron chi connectivity index (χ1n) is 10.0. The molecule has 1 aliphatic rings. The Kier molecular flexibility index (Phi) is 6.26. The summed E-state index contributed by atoms with van der Waals surface area (Å²) >= 11 is 5.90. The van der Waals surface area contributed by atoms with Crippen molar-refractivity contribution in [3.63, 3.8) is 0 Å². The van der Waals surface area contributed by atoms with E-state index in [9.17, 15) is 23.1 Å². The minimum Gasteiger partial charge on any atom is -0.506 e. The van der Waals surface area contributed by atoms with E-state index in [2.05, 4.69) is 10.0 Å². The molecular formula is C23H20ClN3O5S. The number of amides is 2. The lowest BCUT2D eigenvalue weighted by Crippen LogP contribution is -2.28. The van der Waals surface area contributed by atoms with Gasteiger partial charge in [-0.3, -0.25) is 14.3 Å². The summed E-state index contributed by atoms with van der Waals surface area (Å²) < 4.78 is 27.9. The van der Waals surface area contributed by atoms with Crippen LogP contribution >= 0.6 is 11.6 Å². The van der Waals surface area contributed by atoms with Gasteiger partial charge >= 0.3 is 0 Å². The molecule has 0 aromatic heterocycles. The maximum absolute atomic E-state index is 12.8. The number of nitrogens with zero attached hydrogens (tertiary/aromatic N) is 1. The van der Waals surface area contributed by atoms with E-state index in [4.69, 9.17) is 11.6 Å². The molecule has 0 saturated carbocycles. The number of halogens is 1. The number of para-hydroxylation sites is 1. The number of rotatable bonds is 6. The standard InChI is InChI=1S/C23H20ClN3O5S/c24-16-5-4-6-17(12-16)26-33(31,32)19-9-10-21(28)20(13-19)25-23(30)15-11-22(29)27(14-15)18-7-2-1-3-8-18/h1-10,12-13,15,26,28H,11,14H2,(H,25,30). The van der Waals surface area contributed by atoms with Gasteiger partial charge in [0.05, 0.1) is 22.2 Å². The summed E-state index contributed by atoms with van der Waals surface area (Å²) in [4.78, 5) is 26.6. The first-order chi connectivity index (χ1) is 15.7. The molecule has 33 heavy (non-hydrogen) atoms. The van der Waals surface area contributed by atoms with Crippen LogP contribution in [0.25, 0.3) is 0 Å². The molecule has 1 fully saturated rings. The Morgan fingerprint density at radius 1 is 1.03 bits per heavy atom. The van der Waals surface area contributed by atoms with Gasteiger partial charge in [0.1, 0.15) is 5.75 Å². The Hall–Kier alpha value is -3.56. The van der Waals surface area contributed by atoms with Crippen LogP contribution in [0.2, 0.25) is 5.02 Å². The summed E-state index contributed by atoms with van der Waals surface area (Å²) in [6.45, 7) is 0.184. The normalized spacial score (nSPS) is 16.0. The molecule has 1 aliphatic heterocycles. The molecule has 3 aromatic carbocycles. The molecule has 0 aliphatic carbocycles. The minimum absolute atomic E-state index is 0.00972. The van der Waals surface area contributed by atoms with Gasteiger partial charge in [-0.05, 0) is 48.5 Å². The van der Waals surface area contributed by atoms with Crippen LogP contribution in [0, 0.1) is 5.92 Å². The van der Waals surface area contributed by atoms with Gasteiger partial charge in [0, 0.05) is 23.7 Å². The molecule has 10 heteroatoms. The third-order valence-corrected chi connectivity index (χ3v) is 6.79. The van der Waals surface area contributed by atoms with E-state index in [0.29, 0.717) is 10.7 Å². The third-order valence-electron chi connectivity index (χ3n) is 5.18. The van der Waals surface area contributed by atoms with E-state index in [1.165, 1.54) is 23.1 Å². The molecule has 3 N–H and O–H groups in total. The van der Waals surface area contributed by atoms with Crippen molar-refractivity contribution >= 4 is 50.5 Å². The lowest BCUT2D eigenvalue weighted by atomic mass is 10.1. The fourth-order valence-corrected chi connectivity index (χ4v) is 4.79. The molecule has 0 bridgehead atoms. The molecule has 170 valence electrons. The Labute approximate surface area is 195 Å². The van der Waals surface area contributed by atoms with Crippen LogP contribution in [-0.4, -0.2) is 31.9 Å². The Balaban J connectivity index is 1.50. The van der Waals surface area contributed by atoms with Gasteiger partial charge in [-0.15, -0.1) is 0 Å². The summed E-state index contributed by atoms with van der Waals surface area (Å²) in [6, 6.07) is 18.8. The number of phenols is 1. The van der Waals surface area contributed by atoms with Crippen molar-refractivity contribution in [1.29, 1.82) is 0 Å². The predicted octanol–water partition coefficient (Wildman–Crippen LogP) is 3.84. The molecule has 0 radical (unpaired) electrons. The van der Waals surface area contributed by atoms with Crippen LogP contribution in [0.5, 0.6) is 5.75 Å². The quantitative estimate of drug-likeness (QED) is 0.459. The smallest absolute Gasteiger partial charge is 0.261 e. The molecule has 2 amide bonds. The number of hydrogen-bond donors (Lipinski definition) is 3. The SMILES string of the molecule is O=C(Nc1cc(S(=O)(=O)Nc2cccc(Cl)c2)ccc1O)C1CC(=O)N(c2ccccc2)C1. The molecular weight excluding hydrogens is 466 g/mol. The van der Waals surface area contributed by atoms with E-state index in [0.717, 1.165) is 6.07 Å². The molecule has 1 atom stereocenters. The number of benzene rings is 3. The minimum atomic E-state index is -4.01. The van der Waals surface area contributed by atoms with Crippen molar-refractivity contribution < 1.29 is 23.1 Å². The van der Waals surface area contributed by atoms with Gasteiger partial charge in [0.25, 0.3) is 10.0 Å². The maximum Gasteiger partial charge on any atom is 0.261 e. The monoisotopic (exact) mass is 485 g/mol. The van der Waals surface area contributed by atoms with Crippen LogP contribution < -0.4 is 14.9 Å². The number of carbonyl (C=O) groups excluding carboxylic acids is 2. The van der Waals surface area contributed by atoms with Crippen LogP contribution in [-0.2, 0) is 19.6 Å². The van der Waals surface area contributed by atoms with Crippen LogP contribution in [0.15, 0.2) is 77.7 Å². The number of aromatic hydroxyl groups is 1. The zero-order valence-electron chi connectivity index (χ0n) is 17.2. The Morgan fingerprint density at radius 3 is 2.52 bits per heavy atom. The summed E-state index contributed by atoms with van der Waals surface area (Å²) in [5, 5.41) is 13.1. The molecule has 1 unspecified atom stereocenters. The highest BCUT2D eigenvalue weighted by atomic mass is 35.5. The van der Waals surface area contributed by atoms with E-state index in [1.54, 1.807) is 42.5 Å². The van der Waals surface area contributed by atoms with Gasteiger partial charge in [0.15, 0.2) is 0 Å². The first-order valence-corrected chi connectivity index (χ1v) is 11.9. The van der Waals surface area contributed by atoms with Crippen LogP contribution in [0.1, 0.15) is 6.42 Å². The van der Waals surface area contributed by atoms with Crippen molar-refractivity contribution in [3.05, 3.63) is 77.8 Å². The zero-order chi connectivity index (χ0) is 23.6. The highest BCUT2D eigenvalue weighted by molar-refractivity contribution is 7.92. The second-order valence-corrected chi connectivity index (χ2v) is 9.64. The molecule has 1 heterocycles. The molecule has 8 nitrogen and oxygen atoms in total. The molecule has 0 spiro atoms. The molecule has 1 saturated heterocycles. The topological polar surface area (TPSA) is 116 Å². The number of anilines is 3. The highest BCUT2D eigenvalue weighted by Crippen LogP contribution is 2.30. The predicted molar refractivity (Wildman–Crippen MR) is 126 cm³/mol. The first kappa shape index (κ1) is 22.6. The number of hydrogen-bond acceptors (Lipinski definition) is 5. The van der Waals surface area contributed by atoms with Crippen LogP contribution in [0.4, 0.5) is 17.1 Å². The Bertz CT molecular complexity index is 1310. The van der Waals surface area contributed by atoms with Crippen molar-refractivity contribution in [2.75, 3.05) is 21.5 Å². The Morgan fingerprint density at radius 2 is 1.79 bits per heavy atom. The summed E-state index contributed by atoms with van der Waals surface area (Å²) in [5.74, 6) is -1.63. The van der Waals surface area contributed by atoms with Gasteiger partial charge in [-0.25, -0.2) is 8.42 Å². The van der Waals surface area contributed by atoms with Crippen LogP contribution in [0.3, 0.4) is 0 Å².